The van der Waals surface area contributed by atoms with Crippen molar-refractivity contribution in [3.8, 4) is 11.3 Å². The molecule has 2 heterocycles. The summed E-state index contributed by atoms with van der Waals surface area (Å²) < 4.78 is 5.50. The minimum Gasteiger partial charge on any atom is -0.444 e. The maximum Gasteiger partial charge on any atom is 0.488 e. The second-order valence-electron chi connectivity index (χ2n) is 7.51. The van der Waals surface area contributed by atoms with Gasteiger partial charge in [0.05, 0.1) is 17.9 Å². The molecule has 1 aromatic carbocycles. The Morgan fingerprint density at radius 3 is 2.62 bits per heavy atom. The van der Waals surface area contributed by atoms with Crippen LogP contribution in [0.5, 0.6) is 0 Å². The van der Waals surface area contributed by atoms with E-state index < -0.39 is 12.7 Å². The molecule has 1 atom stereocenters. The van der Waals surface area contributed by atoms with Crippen molar-refractivity contribution in [1.29, 1.82) is 0 Å². The number of aromatic nitrogens is 2. The van der Waals surface area contributed by atoms with Crippen LogP contribution >= 0.6 is 0 Å². The number of carbonyl (C=O) groups is 1. The fourth-order valence-corrected chi connectivity index (χ4v) is 3.08. The van der Waals surface area contributed by atoms with Gasteiger partial charge in [-0.2, -0.15) is 0 Å². The van der Waals surface area contributed by atoms with Crippen LogP contribution in [0.2, 0.25) is 0 Å². The van der Waals surface area contributed by atoms with Gasteiger partial charge in [0.25, 0.3) is 0 Å². The van der Waals surface area contributed by atoms with Crippen molar-refractivity contribution >= 4 is 18.7 Å². The Balaban J connectivity index is 1.77. The van der Waals surface area contributed by atoms with Gasteiger partial charge in [0.1, 0.15) is 11.4 Å². The average molecular weight is 357 g/mol. The molecule has 1 aliphatic heterocycles. The van der Waals surface area contributed by atoms with E-state index in [1.807, 2.05) is 20.8 Å². The molecule has 1 aromatic heterocycles. The lowest BCUT2D eigenvalue weighted by Crippen LogP contribution is -2.36. The fraction of sp³-hybridized carbons (Fsp3) is 0.444. The zero-order chi connectivity index (χ0) is 18.9. The maximum absolute atomic E-state index is 12.4. The second kappa shape index (κ2) is 7.13. The first kappa shape index (κ1) is 18.5. The molecule has 0 bridgehead atoms. The van der Waals surface area contributed by atoms with E-state index in [9.17, 15) is 14.8 Å². The lowest BCUT2D eigenvalue weighted by atomic mass is 9.80. The Kier molecular flexibility index (Phi) is 5.07. The molecule has 1 aliphatic rings. The Morgan fingerprint density at radius 1 is 1.31 bits per heavy atom. The predicted octanol–water partition coefficient (Wildman–Crippen LogP) is 1.83. The molecule has 1 saturated heterocycles. The number of aromatic amines is 1. The van der Waals surface area contributed by atoms with E-state index in [1.54, 1.807) is 35.4 Å². The number of amides is 1. The van der Waals surface area contributed by atoms with E-state index in [4.69, 9.17) is 4.74 Å². The normalized spacial score (nSPS) is 17.4. The summed E-state index contributed by atoms with van der Waals surface area (Å²) in [6.45, 7) is 6.22. The molecule has 8 heteroatoms. The SMILES string of the molecule is CC(C)(C)OC(=O)N1CCCC1c1ncc(-c2ccc(B(O)O)cc2)[nH]1. The number of nitrogens with zero attached hydrogens (tertiary/aromatic N) is 2. The van der Waals surface area contributed by atoms with Gasteiger partial charge in [-0.25, -0.2) is 9.78 Å². The predicted molar refractivity (Wildman–Crippen MR) is 98.8 cm³/mol. The number of likely N-dealkylation sites (tertiary alicyclic amines) is 1. The van der Waals surface area contributed by atoms with Crippen molar-refractivity contribution in [2.45, 2.75) is 45.3 Å². The van der Waals surface area contributed by atoms with Crippen molar-refractivity contribution < 1.29 is 19.6 Å². The van der Waals surface area contributed by atoms with Crippen molar-refractivity contribution in [1.82, 2.24) is 14.9 Å². The Hall–Kier alpha value is -2.32. The molecule has 0 saturated carbocycles. The summed E-state index contributed by atoms with van der Waals surface area (Å²) in [5, 5.41) is 18.4. The number of hydrogen-bond donors (Lipinski definition) is 3. The minimum absolute atomic E-state index is 0.128. The van der Waals surface area contributed by atoms with E-state index in [-0.39, 0.29) is 12.1 Å². The third-order valence-corrected chi connectivity index (χ3v) is 4.31. The van der Waals surface area contributed by atoms with Crippen LogP contribution in [0.1, 0.15) is 45.5 Å². The zero-order valence-electron chi connectivity index (χ0n) is 15.3. The zero-order valence-corrected chi connectivity index (χ0v) is 15.3. The molecule has 7 nitrogen and oxygen atoms in total. The lowest BCUT2D eigenvalue weighted by molar-refractivity contribution is 0.0218. The monoisotopic (exact) mass is 357 g/mol. The third-order valence-electron chi connectivity index (χ3n) is 4.31. The molecule has 1 amide bonds. The smallest absolute Gasteiger partial charge is 0.444 e. The van der Waals surface area contributed by atoms with Crippen LogP contribution in [0.15, 0.2) is 30.5 Å². The molecule has 2 aromatic rings. The maximum atomic E-state index is 12.4. The molecule has 1 fully saturated rings. The van der Waals surface area contributed by atoms with Crippen LogP contribution in [0, 0.1) is 0 Å². The third kappa shape index (κ3) is 4.08. The summed E-state index contributed by atoms with van der Waals surface area (Å²) in [5.74, 6) is 0.731. The van der Waals surface area contributed by atoms with Gasteiger partial charge in [-0.15, -0.1) is 0 Å². The van der Waals surface area contributed by atoms with E-state index in [0.717, 1.165) is 29.9 Å². The highest BCUT2D eigenvalue weighted by atomic mass is 16.6. The highest BCUT2D eigenvalue weighted by Crippen LogP contribution is 2.32. The van der Waals surface area contributed by atoms with Gasteiger partial charge in [-0.1, -0.05) is 24.3 Å². The van der Waals surface area contributed by atoms with Crippen LogP contribution in [-0.4, -0.2) is 50.3 Å². The molecule has 0 aliphatic carbocycles. The van der Waals surface area contributed by atoms with Crippen molar-refractivity contribution in [3.63, 3.8) is 0 Å². The quantitative estimate of drug-likeness (QED) is 0.728. The number of nitrogens with one attached hydrogen (secondary N) is 1. The van der Waals surface area contributed by atoms with Gasteiger partial charge in [-0.05, 0) is 44.6 Å². The summed E-state index contributed by atoms with van der Waals surface area (Å²) in [7, 11) is -1.48. The summed E-state index contributed by atoms with van der Waals surface area (Å²) in [4.78, 5) is 21.9. The number of benzene rings is 1. The number of carbonyl (C=O) groups excluding carboxylic acids is 1. The molecular formula is C18H24BN3O4. The van der Waals surface area contributed by atoms with Crippen LogP contribution in [0.4, 0.5) is 4.79 Å². The Bertz CT molecular complexity index is 767. The summed E-state index contributed by atoms with van der Waals surface area (Å²) >= 11 is 0. The fourth-order valence-electron chi connectivity index (χ4n) is 3.08. The lowest BCUT2D eigenvalue weighted by Gasteiger charge is -2.27. The van der Waals surface area contributed by atoms with Gasteiger partial charge in [-0.3, -0.25) is 4.90 Å². The number of rotatable bonds is 3. The largest absolute Gasteiger partial charge is 0.488 e. The molecule has 1 unspecified atom stereocenters. The topological polar surface area (TPSA) is 98.7 Å². The number of imidazole rings is 1. The minimum atomic E-state index is -1.48. The molecule has 0 spiro atoms. The molecule has 0 radical (unpaired) electrons. The van der Waals surface area contributed by atoms with E-state index >= 15 is 0 Å². The molecule has 3 N–H and O–H groups in total. The Labute approximate surface area is 153 Å². The van der Waals surface area contributed by atoms with Gasteiger partial charge >= 0.3 is 13.2 Å². The molecule has 138 valence electrons. The standard InChI is InChI=1S/C18H24BN3O4/c1-18(2,3)26-17(23)22-10-4-5-15(22)16-20-11-14(21-16)12-6-8-13(9-7-12)19(24)25/h6-9,11,15,24-25H,4-5,10H2,1-3H3,(H,20,21). The number of hydrogen-bond acceptors (Lipinski definition) is 5. The van der Waals surface area contributed by atoms with Crippen molar-refractivity contribution in [2.75, 3.05) is 6.54 Å². The Morgan fingerprint density at radius 2 is 2.00 bits per heavy atom. The molecular weight excluding hydrogens is 333 g/mol. The van der Waals surface area contributed by atoms with Crippen molar-refractivity contribution in [3.05, 3.63) is 36.3 Å². The summed E-state index contributed by atoms with van der Waals surface area (Å²) in [6, 6.07) is 6.78. The van der Waals surface area contributed by atoms with Crippen LogP contribution < -0.4 is 5.46 Å². The van der Waals surface area contributed by atoms with Gasteiger partial charge in [0, 0.05) is 6.54 Å². The van der Waals surface area contributed by atoms with Crippen LogP contribution in [-0.2, 0) is 4.74 Å². The molecule has 26 heavy (non-hydrogen) atoms. The first-order chi connectivity index (χ1) is 12.2. The first-order valence-corrected chi connectivity index (χ1v) is 8.75. The highest BCUT2D eigenvalue weighted by molar-refractivity contribution is 6.58. The number of H-pyrrole nitrogens is 1. The van der Waals surface area contributed by atoms with E-state index in [1.165, 1.54) is 0 Å². The van der Waals surface area contributed by atoms with Crippen molar-refractivity contribution in [2.24, 2.45) is 0 Å². The van der Waals surface area contributed by atoms with Crippen LogP contribution in [0.25, 0.3) is 11.3 Å². The second-order valence-corrected chi connectivity index (χ2v) is 7.51. The average Bonchev–Trinajstić information content (AvgIpc) is 3.22. The highest BCUT2D eigenvalue weighted by Gasteiger charge is 2.34. The first-order valence-electron chi connectivity index (χ1n) is 8.75. The number of ether oxygens (including phenoxy) is 1. The van der Waals surface area contributed by atoms with Gasteiger partial charge < -0.3 is 19.8 Å². The molecule has 3 rings (SSSR count). The summed E-state index contributed by atoms with van der Waals surface area (Å²) in [6.07, 6.45) is 3.15. The summed E-state index contributed by atoms with van der Waals surface area (Å²) in [5.41, 5.74) is 1.60. The van der Waals surface area contributed by atoms with Gasteiger partial charge in [0.15, 0.2) is 0 Å². The van der Waals surface area contributed by atoms with E-state index in [0.29, 0.717) is 12.0 Å². The van der Waals surface area contributed by atoms with Crippen LogP contribution in [0.3, 0.4) is 0 Å². The van der Waals surface area contributed by atoms with E-state index in [2.05, 4.69) is 9.97 Å². The van der Waals surface area contributed by atoms with Gasteiger partial charge in [0.2, 0.25) is 0 Å².